The van der Waals surface area contributed by atoms with Crippen LogP contribution in [0.15, 0.2) is 24.3 Å². The summed E-state index contributed by atoms with van der Waals surface area (Å²) in [6, 6.07) is 0.260. The lowest BCUT2D eigenvalue weighted by Gasteiger charge is -2.19. The van der Waals surface area contributed by atoms with Crippen molar-refractivity contribution in [3.05, 3.63) is 24.3 Å². The predicted molar refractivity (Wildman–Crippen MR) is 128 cm³/mol. The maximum absolute atomic E-state index is 5.86. The maximum Gasteiger partial charge on any atom is 0.0648 e. The van der Waals surface area contributed by atoms with Crippen LogP contribution in [0.25, 0.3) is 0 Å². The standard InChI is InChI=1S/C25H50N2O2/c1-5-7-9-11-13-17-21-28-23-25(26-19-15-16-20-27(3)4)24-29-22-18-14-12-10-8-6-2/h13-14,17-18,25-26H,5-12,15-16,19-24H2,1-4H3/b17-13-,18-14-. The summed E-state index contributed by atoms with van der Waals surface area (Å²) in [5.41, 5.74) is 0. The van der Waals surface area contributed by atoms with Gasteiger partial charge in [-0.25, -0.2) is 0 Å². The Hall–Kier alpha value is -0.680. The average Bonchev–Trinajstić information content (AvgIpc) is 2.70. The molecule has 0 aromatic rings. The van der Waals surface area contributed by atoms with E-state index in [0.717, 1.165) is 13.1 Å². The van der Waals surface area contributed by atoms with E-state index in [1.807, 2.05) is 0 Å². The fourth-order valence-corrected chi connectivity index (χ4v) is 2.98. The number of hydrogen-bond donors (Lipinski definition) is 1. The second-order valence-corrected chi connectivity index (χ2v) is 8.17. The van der Waals surface area contributed by atoms with Gasteiger partial charge >= 0.3 is 0 Å². The van der Waals surface area contributed by atoms with Crippen LogP contribution in [0.1, 0.15) is 78.1 Å². The first kappa shape index (κ1) is 28.3. The van der Waals surface area contributed by atoms with Gasteiger partial charge in [0.1, 0.15) is 0 Å². The highest BCUT2D eigenvalue weighted by Crippen LogP contribution is 2.01. The molecule has 1 N–H and O–H groups in total. The second-order valence-electron chi connectivity index (χ2n) is 8.17. The summed E-state index contributed by atoms with van der Waals surface area (Å²) < 4.78 is 11.7. The number of rotatable bonds is 22. The normalized spacial score (nSPS) is 12.3. The van der Waals surface area contributed by atoms with E-state index in [1.165, 1.54) is 64.2 Å². The fraction of sp³-hybridized carbons (Fsp3) is 0.840. The SMILES string of the molecule is CCCCC/C=C\COCC(COC/C=C\CCCCC)NCCCCN(C)C. The minimum atomic E-state index is 0.260. The van der Waals surface area contributed by atoms with E-state index < -0.39 is 0 Å². The zero-order valence-electron chi connectivity index (χ0n) is 20.0. The van der Waals surface area contributed by atoms with Gasteiger partial charge in [0.15, 0.2) is 0 Å². The third-order valence-electron chi connectivity index (χ3n) is 4.81. The lowest BCUT2D eigenvalue weighted by Crippen LogP contribution is -2.38. The van der Waals surface area contributed by atoms with Crippen LogP contribution in [0, 0.1) is 0 Å². The highest BCUT2D eigenvalue weighted by molar-refractivity contribution is 4.82. The van der Waals surface area contributed by atoms with Crippen molar-refractivity contribution in [1.82, 2.24) is 10.2 Å². The average molecular weight is 411 g/mol. The Morgan fingerprint density at radius 2 is 1.28 bits per heavy atom. The first-order valence-electron chi connectivity index (χ1n) is 12.0. The molecular formula is C25H50N2O2. The van der Waals surface area contributed by atoms with Gasteiger partial charge in [0.25, 0.3) is 0 Å². The summed E-state index contributed by atoms with van der Waals surface area (Å²) in [7, 11) is 4.26. The molecule has 0 aliphatic heterocycles. The van der Waals surface area contributed by atoms with E-state index in [1.54, 1.807) is 0 Å². The van der Waals surface area contributed by atoms with Crippen molar-refractivity contribution >= 4 is 0 Å². The molecule has 0 atom stereocenters. The van der Waals surface area contributed by atoms with Crippen molar-refractivity contribution in [3.8, 4) is 0 Å². The van der Waals surface area contributed by atoms with Gasteiger partial charge in [-0.1, -0.05) is 63.8 Å². The lowest BCUT2D eigenvalue weighted by molar-refractivity contribution is 0.0757. The summed E-state index contributed by atoms with van der Waals surface area (Å²) in [5, 5.41) is 3.61. The topological polar surface area (TPSA) is 33.7 Å². The van der Waals surface area contributed by atoms with E-state index in [2.05, 4.69) is 62.5 Å². The molecule has 0 unspecified atom stereocenters. The van der Waals surface area contributed by atoms with Crippen molar-refractivity contribution in [3.63, 3.8) is 0 Å². The van der Waals surface area contributed by atoms with Crippen LogP contribution in [0.4, 0.5) is 0 Å². The molecule has 0 aromatic heterocycles. The Morgan fingerprint density at radius 3 is 1.76 bits per heavy atom. The Bertz CT molecular complexity index is 344. The first-order valence-corrected chi connectivity index (χ1v) is 12.0. The smallest absolute Gasteiger partial charge is 0.0648 e. The number of ether oxygens (including phenoxy) is 2. The molecule has 0 aliphatic carbocycles. The first-order chi connectivity index (χ1) is 14.2. The molecule has 0 fully saturated rings. The molecule has 4 heteroatoms. The quantitative estimate of drug-likeness (QED) is 0.186. The maximum atomic E-state index is 5.86. The van der Waals surface area contributed by atoms with Gasteiger partial charge in [-0.2, -0.15) is 0 Å². The minimum Gasteiger partial charge on any atom is -0.376 e. The molecule has 0 aromatic carbocycles. The van der Waals surface area contributed by atoms with Crippen molar-refractivity contribution in [2.75, 3.05) is 53.6 Å². The number of hydrogen-bond acceptors (Lipinski definition) is 4. The molecule has 0 spiro atoms. The van der Waals surface area contributed by atoms with Crippen LogP contribution in [0.3, 0.4) is 0 Å². The van der Waals surface area contributed by atoms with Gasteiger partial charge in [0.05, 0.1) is 32.5 Å². The summed E-state index contributed by atoms with van der Waals surface area (Å²) >= 11 is 0. The zero-order chi connectivity index (χ0) is 21.4. The largest absolute Gasteiger partial charge is 0.376 e. The molecule has 0 heterocycles. The van der Waals surface area contributed by atoms with E-state index in [0.29, 0.717) is 26.4 Å². The van der Waals surface area contributed by atoms with Crippen molar-refractivity contribution in [1.29, 1.82) is 0 Å². The van der Waals surface area contributed by atoms with Crippen LogP contribution in [-0.2, 0) is 9.47 Å². The molecule has 0 aliphatic rings. The molecular weight excluding hydrogens is 360 g/mol. The van der Waals surface area contributed by atoms with Crippen LogP contribution in [-0.4, -0.2) is 64.6 Å². The van der Waals surface area contributed by atoms with E-state index in [9.17, 15) is 0 Å². The number of unbranched alkanes of at least 4 members (excludes halogenated alkanes) is 7. The van der Waals surface area contributed by atoms with Crippen LogP contribution in [0.5, 0.6) is 0 Å². The molecule has 4 nitrogen and oxygen atoms in total. The fourth-order valence-electron chi connectivity index (χ4n) is 2.98. The van der Waals surface area contributed by atoms with Gasteiger partial charge in [0, 0.05) is 0 Å². The van der Waals surface area contributed by atoms with Crippen molar-refractivity contribution in [2.24, 2.45) is 0 Å². The Morgan fingerprint density at radius 1 is 0.724 bits per heavy atom. The summed E-state index contributed by atoms with van der Waals surface area (Å²) in [5.74, 6) is 0. The Kier molecular flexibility index (Phi) is 23.0. The highest BCUT2D eigenvalue weighted by atomic mass is 16.5. The van der Waals surface area contributed by atoms with Crippen LogP contribution in [0.2, 0.25) is 0 Å². The molecule has 29 heavy (non-hydrogen) atoms. The number of nitrogens with one attached hydrogen (secondary N) is 1. The minimum absolute atomic E-state index is 0.260. The molecule has 0 bridgehead atoms. The van der Waals surface area contributed by atoms with Gasteiger partial charge in [-0.05, 0) is 65.7 Å². The second kappa shape index (κ2) is 23.6. The summed E-state index contributed by atoms with van der Waals surface area (Å²) in [6.45, 7) is 9.44. The van der Waals surface area contributed by atoms with Crippen molar-refractivity contribution in [2.45, 2.75) is 84.1 Å². The van der Waals surface area contributed by atoms with Gasteiger partial charge < -0.3 is 19.7 Å². The third kappa shape index (κ3) is 23.5. The summed E-state index contributed by atoms with van der Waals surface area (Å²) in [6.07, 6.45) is 21.3. The van der Waals surface area contributed by atoms with E-state index >= 15 is 0 Å². The predicted octanol–water partition coefficient (Wildman–Crippen LogP) is 5.59. The number of allylic oxidation sites excluding steroid dienone is 2. The van der Waals surface area contributed by atoms with Crippen molar-refractivity contribution < 1.29 is 9.47 Å². The van der Waals surface area contributed by atoms with Crippen LogP contribution < -0.4 is 5.32 Å². The number of nitrogens with zero attached hydrogens (tertiary/aromatic N) is 1. The Labute approximate surface area is 182 Å². The van der Waals surface area contributed by atoms with Crippen LogP contribution >= 0.6 is 0 Å². The highest BCUT2D eigenvalue weighted by Gasteiger charge is 2.08. The monoisotopic (exact) mass is 410 g/mol. The molecule has 172 valence electrons. The van der Waals surface area contributed by atoms with Gasteiger partial charge in [-0.15, -0.1) is 0 Å². The molecule has 0 radical (unpaired) electrons. The van der Waals surface area contributed by atoms with E-state index in [-0.39, 0.29) is 6.04 Å². The van der Waals surface area contributed by atoms with Gasteiger partial charge in [0.2, 0.25) is 0 Å². The zero-order valence-corrected chi connectivity index (χ0v) is 20.0. The van der Waals surface area contributed by atoms with Gasteiger partial charge in [-0.3, -0.25) is 0 Å². The molecule has 0 amide bonds. The summed E-state index contributed by atoms with van der Waals surface area (Å²) in [4.78, 5) is 2.24. The Balaban J connectivity index is 3.98. The molecule has 0 saturated carbocycles. The molecule has 0 saturated heterocycles. The van der Waals surface area contributed by atoms with E-state index in [4.69, 9.17) is 9.47 Å². The third-order valence-corrected chi connectivity index (χ3v) is 4.81. The molecule has 0 rings (SSSR count). The lowest BCUT2D eigenvalue weighted by atomic mass is 10.2.